The van der Waals surface area contributed by atoms with Crippen LogP contribution in [0.1, 0.15) is 12.0 Å². The summed E-state index contributed by atoms with van der Waals surface area (Å²) in [7, 11) is 0. The first-order chi connectivity index (χ1) is 12.0. The van der Waals surface area contributed by atoms with Gasteiger partial charge in [-0.1, -0.05) is 24.3 Å². The number of nitrogens with one attached hydrogen (secondary N) is 1. The van der Waals surface area contributed by atoms with Crippen molar-refractivity contribution in [2.45, 2.75) is 13.3 Å². The highest BCUT2D eigenvalue weighted by molar-refractivity contribution is 6.03. The average molecular weight is 339 g/mol. The van der Waals surface area contributed by atoms with E-state index >= 15 is 0 Å². The predicted molar refractivity (Wildman–Crippen MR) is 93.4 cm³/mol. The second-order valence-corrected chi connectivity index (χ2v) is 5.99. The van der Waals surface area contributed by atoms with Gasteiger partial charge >= 0.3 is 0 Å². The number of nitrogens with zero attached hydrogens (tertiary/aromatic N) is 2. The SMILES string of the molecule is Cc1ccc(NC(=O)[C@H]2CC(=O)N(c3ccccc3)C2)cc1[N+](=O)[O-]. The summed E-state index contributed by atoms with van der Waals surface area (Å²) in [4.78, 5) is 36.7. The van der Waals surface area contributed by atoms with Gasteiger partial charge in [-0.25, -0.2) is 0 Å². The highest BCUT2D eigenvalue weighted by Gasteiger charge is 2.35. The van der Waals surface area contributed by atoms with Gasteiger partial charge in [0.15, 0.2) is 0 Å². The minimum atomic E-state index is -0.493. The van der Waals surface area contributed by atoms with Crippen molar-refractivity contribution in [3.63, 3.8) is 0 Å². The van der Waals surface area contributed by atoms with Gasteiger partial charge in [-0.2, -0.15) is 0 Å². The predicted octanol–water partition coefficient (Wildman–Crippen LogP) is 2.89. The zero-order chi connectivity index (χ0) is 18.0. The molecule has 0 aliphatic carbocycles. The lowest BCUT2D eigenvalue weighted by atomic mass is 10.1. The van der Waals surface area contributed by atoms with Crippen LogP contribution in [0.4, 0.5) is 17.1 Å². The van der Waals surface area contributed by atoms with Gasteiger partial charge in [-0.15, -0.1) is 0 Å². The van der Waals surface area contributed by atoms with Crippen molar-refractivity contribution in [2.24, 2.45) is 5.92 Å². The number of aryl methyl sites for hydroxylation is 1. The van der Waals surface area contributed by atoms with Crippen LogP contribution >= 0.6 is 0 Å². The Labute approximate surface area is 144 Å². The van der Waals surface area contributed by atoms with E-state index < -0.39 is 10.8 Å². The molecule has 0 saturated carbocycles. The van der Waals surface area contributed by atoms with Crippen LogP contribution < -0.4 is 10.2 Å². The summed E-state index contributed by atoms with van der Waals surface area (Å²) in [6, 6.07) is 13.7. The van der Waals surface area contributed by atoms with Crippen molar-refractivity contribution in [1.82, 2.24) is 0 Å². The second kappa shape index (κ2) is 6.72. The summed E-state index contributed by atoms with van der Waals surface area (Å²) in [6.45, 7) is 1.93. The van der Waals surface area contributed by atoms with Crippen molar-refractivity contribution < 1.29 is 14.5 Å². The maximum Gasteiger partial charge on any atom is 0.274 e. The van der Waals surface area contributed by atoms with Gasteiger partial charge in [-0.3, -0.25) is 19.7 Å². The fourth-order valence-corrected chi connectivity index (χ4v) is 2.87. The number of nitro benzene ring substituents is 1. The summed E-state index contributed by atoms with van der Waals surface area (Å²) in [5.74, 6) is -0.917. The van der Waals surface area contributed by atoms with Gasteiger partial charge < -0.3 is 10.2 Å². The molecule has 0 spiro atoms. The molecular weight excluding hydrogens is 322 g/mol. The molecule has 7 nitrogen and oxygen atoms in total. The topological polar surface area (TPSA) is 92.6 Å². The molecule has 2 aromatic carbocycles. The van der Waals surface area contributed by atoms with E-state index in [1.165, 1.54) is 6.07 Å². The van der Waals surface area contributed by atoms with E-state index in [4.69, 9.17) is 0 Å². The minimum Gasteiger partial charge on any atom is -0.326 e. The molecule has 1 aliphatic rings. The molecule has 2 aromatic rings. The molecule has 1 fully saturated rings. The highest BCUT2D eigenvalue weighted by atomic mass is 16.6. The van der Waals surface area contributed by atoms with Gasteiger partial charge in [0.05, 0.1) is 10.8 Å². The van der Waals surface area contributed by atoms with Crippen LogP contribution in [0.5, 0.6) is 0 Å². The molecule has 2 amide bonds. The first-order valence-corrected chi connectivity index (χ1v) is 7.87. The summed E-state index contributed by atoms with van der Waals surface area (Å²) in [6.07, 6.45) is 0.120. The van der Waals surface area contributed by atoms with E-state index in [9.17, 15) is 19.7 Å². The lowest BCUT2D eigenvalue weighted by Gasteiger charge is -2.16. The van der Waals surface area contributed by atoms with Gasteiger partial charge in [-0.05, 0) is 25.1 Å². The Hall–Kier alpha value is -3.22. The molecule has 1 saturated heterocycles. The molecule has 0 aromatic heterocycles. The molecule has 0 radical (unpaired) electrons. The molecular formula is C18H17N3O4. The summed E-state index contributed by atoms with van der Waals surface area (Å²) >= 11 is 0. The summed E-state index contributed by atoms with van der Waals surface area (Å²) in [5.41, 5.74) is 1.59. The van der Waals surface area contributed by atoms with E-state index in [0.717, 1.165) is 5.69 Å². The van der Waals surface area contributed by atoms with E-state index in [1.54, 1.807) is 24.0 Å². The minimum absolute atomic E-state index is 0.0498. The molecule has 1 heterocycles. The zero-order valence-electron chi connectivity index (χ0n) is 13.6. The first-order valence-electron chi connectivity index (χ1n) is 7.87. The number of hydrogen-bond acceptors (Lipinski definition) is 4. The van der Waals surface area contributed by atoms with E-state index in [0.29, 0.717) is 17.8 Å². The third-order valence-corrected chi connectivity index (χ3v) is 4.24. The van der Waals surface area contributed by atoms with Crippen LogP contribution in [-0.2, 0) is 9.59 Å². The number of para-hydroxylation sites is 1. The van der Waals surface area contributed by atoms with Crippen LogP contribution in [0.3, 0.4) is 0 Å². The Balaban J connectivity index is 1.71. The number of hydrogen-bond donors (Lipinski definition) is 1. The molecule has 0 bridgehead atoms. The lowest BCUT2D eigenvalue weighted by Crippen LogP contribution is -2.28. The molecule has 1 aliphatic heterocycles. The average Bonchev–Trinajstić information content (AvgIpc) is 2.99. The summed E-state index contributed by atoms with van der Waals surface area (Å²) in [5, 5.41) is 13.7. The number of carbonyl (C=O) groups is 2. The molecule has 128 valence electrons. The van der Waals surface area contributed by atoms with Crippen molar-refractivity contribution in [2.75, 3.05) is 16.8 Å². The van der Waals surface area contributed by atoms with Crippen LogP contribution in [0.2, 0.25) is 0 Å². The van der Waals surface area contributed by atoms with Gasteiger partial charge in [0, 0.05) is 36.0 Å². The third-order valence-electron chi connectivity index (χ3n) is 4.24. The fourth-order valence-electron chi connectivity index (χ4n) is 2.87. The highest BCUT2D eigenvalue weighted by Crippen LogP contribution is 2.27. The van der Waals surface area contributed by atoms with Crippen LogP contribution in [0, 0.1) is 23.0 Å². The zero-order valence-corrected chi connectivity index (χ0v) is 13.6. The Morgan fingerprint density at radius 3 is 2.64 bits per heavy atom. The number of carbonyl (C=O) groups excluding carboxylic acids is 2. The fraction of sp³-hybridized carbons (Fsp3) is 0.222. The summed E-state index contributed by atoms with van der Waals surface area (Å²) < 4.78 is 0. The largest absolute Gasteiger partial charge is 0.326 e. The molecule has 3 rings (SSSR count). The Bertz CT molecular complexity index is 835. The molecule has 1 atom stereocenters. The van der Waals surface area contributed by atoms with E-state index in [1.807, 2.05) is 30.3 Å². The maximum atomic E-state index is 12.4. The van der Waals surface area contributed by atoms with Crippen molar-refractivity contribution in [1.29, 1.82) is 0 Å². The van der Waals surface area contributed by atoms with Gasteiger partial charge in [0.1, 0.15) is 0 Å². The van der Waals surface area contributed by atoms with E-state index in [2.05, 4.69) is 5.32 Å². The van der Waals surface area contributed by atoms with Crippen LogP contribution in [0.15, 0.2) is 48.5 Å². The van der Waals surface area contributed by atoms with Gasteiger partial charge in [0.2, 0.25) is 11.8 Å². The maximum absolute atomic E-state index is 12.4. The smallest absolute Gasteiger partial charge is 0.274 e. The van der Waals surface area contributed by atoms with Crippen LogP contribution in [-0.4, -0.2) is 23.3 Å². The Kier molecular flexibility index (Phi) is 4.47. The third kappa shape index (κ3) is 3.50. The first kappa shape index (κ1) is 16.6. The Morgan fingerprint density at radius 1 is 1.24 bits per heavy atom. The standard InChI is InChI=1S/C18H17N3O4/c1-12-7-8-14(10-16(12)21(24)25)19-18(23)13-9-17(22)20(11-13)15-5-3-2-4-6-15/h2-8,10,13H,9,11H2,1H3,(H,19,23)/t13-/m0/s1. The van der Waals surface area contributed by atoms with E-state index in [-0.39, 0.29) is 23.9 Å². The molecule has 25 heavy (non-hydrogen) atoms. The Morgan fingerprint density at radius 2 is 1.96 bits per heavy atom. The number of anilines is 2. The van der Waals surface area contributed by atoms with Crippen molar-refractivity contribution >= 4 is 28.9 Å². The number of amides is 2. The number of benzene rings is 2. The van der Waals surface area contributed by atoms with Crippen LogP contribution in [0.25, 0.3) is 0 Å². The van der Waals surface area contributed by atoms with Gasteiger partial charge in [0.25, 0.3) is 5.69 Å². The molecule has 1 N–H and O–H groups in total. The lowest BCUT2D eigenvalue weighted by molar-refractivity contribution is -0.385. The second-order valence-electron chi connectivity index (χ2n) is 5.99. The molecule has 7 heteroatoms. The quantitative estimate of drug-likeness (QED) is 0.685. The van der Waals surface area contributed by atoms with Crippen molar-refractivity contribution in [3.05, 3.63) is 64.2 Å². The monoisotopic (exact) mass is 339 g/mol. The normalized spacial score (nSPS) is 16.8. The number of nitro groups is 1. The number of rotatable bonds is 4. The van der Waals surface area contributed by atoms with Crippen molar-refractivity contribution in [3.8, 4) is 0 Å². The molecule has 0 unspecified atom stereocenters.